The summed E-state index contributed by atoms with van der Waals surface area (Å²) in [6.07, 6.45) is 8.38. The maximum absolute atomic E-state index is 11.9. The normalized spacial score (nSPS) is 11.6. The second-order valence-electron chi connectivity index (χ2n) is 8.60. The number of rotatable bonds is 11. The van der Waals surface area contributed by atoms with Crippen LogP contribution < -0.4 is 10.6 Å². The Morgan fingerprint density at radius 1 is 0.656 bits per heavy atom. The van der Waals surface area contributed by atoms with Crippen LogP contribution in [0.15, 0.2) is 60.7 Å². The fourth-order valence-electron chi connectivity index (χ4n) is 3.12. The highest BCUT2D eigenvalue weighted by Crippen LogP contribution is 2.16. The van der Waals surface area contributed by atoms with Crippen molar-refractivity contribution in [3.63, 3.8) is 0 Å². The van der Waals surface area contributed by atoms with E-state index < -0.39 is 0 Å². The molecular weight excluding hydrogens is 396 g/mol. The van der Waals surface area contributed by atoms with Gasteiger partial charge in [-0.25, -0.2) is 0 Å². The van der Waals surface area contributed by atoms with E-state index in [9.17, 15) is 9.59 Å². The number of carbonyl (C=O) groups excluding carboxylic acids is 2. The highest BCUT2D eigenvalue weighted by molar-refractivity contribution is 5.92. The van der Waals surface area contributed by atoms with Crippen LogP contribution in [-0.2, 0) is 9.59 Å². The predicted octanol–water partition coefficient (Wildman–Crippen LogP) is 5.67. The molecule has 0 radical (unpaired) electrons. The zero-order valence-corrected chi connectivity index (χ0v) is 19.7. The Hall–Kier alpha value is -3.14. The van der Waals surface area contributed by atoms with Crippen molar-refractivity contribution in [2.45, 2.75) is 52.4 Å². The average molecular weight is 433 g/mol. The third-order valence-corrected chi connectivity index (χ3v) is 5.26. The van der Waals surface area contributed by atoms with Crippen LogP contribution >= 0.6 is 0 Å². The van der Waals surface area contributed by atoms with Gasteiger partial charge in [0.1, 0.15) is 0 Å². The van der Waals surface area contributed by atoms with Gasteiger partial charge in [0, 0.05) is 25.2 Å². The first-order valence-electron chi connectivity index (χ1n) is 11.5. The largest absolute Gasteiger partial charge is 0.353 e. The van der Waals surface area contributed by atoms with Crippen molar-refractivity contribution < 1.29 is 9.59 Å². The van der Waals surface area contributed by atoms with E-state index >= 15 is 0 Å². The van der Waals surface area contributed by atoms with E-state index in [-0.39, 0.29) is 11.8 Å². The summed E-state index contributed by atoms with van der Waals surface area (Å²) in [5, 5.41) is 5.75. The second kappa shape index (κ2) is 13.3. The standard InChI is InChI=1S/C28H36N2O2/c1-21(2)25-13-7-23(8-14-25)11-17-27(31)29-19-5-6-20-30-28(32)18-12-24-9-15-26(16-10-24)22(3)4/h7-18,21-22H,5-6,19-20H2,1-4H3,(H,29,31)(H,30,32)/b17-11-,18-12+. The molecule has 0 aliphatic rings. The average Bonchev–Trinajstić information content (AvgIpc) is 2.79. The van der Waals surface area contributed by atoms with E-state index in [4.69, 9.17) is 0 Å². The lowest BCUT2D eigenvalue weighted by Crippen LogP contribution is -2.25. The number of carbonyl (C=O) groups is 2. The minimum atomic E-state index is -0.103. The van der Waals surface area contributed by atoms with Crippen molar-refractivity contribution in [3.05, 3.63) is 82.9 Å². The predicted molar refractivity (Wildman–Crippen MR) is 134 cm³/mol. The lowest BCUT2D eigenvalue weighted by atomic mass is 10.0. The molecule has 2 rings (SSSR count). The highest BCUT2D eigenvalue weighted by Gasteiger charge is 2.00. The number of nitrogens with one attached hydrogen (secondary N) is 2. The number of hydrogen-bond donors (Lipinski definition) is 2. The Balaban J connectivity index is 1.59. The van der Waals surface area contributed by atoms with E-state index in [1.165, 1.54) is 11.1 Å². The summed E-state index contributed by atoms with van der Waals surface area (Å²) in [5.41, 5.74) is 4.59. The van der Waals surface area contributed by atoms with Crippen molar-refractivity contribution in [1.82, 2.24) is 10.6 Å². The molecule has 0 aromatic heterocycles. The molecule has 0 fully saturated rings. The lowest BCUT2D eigenvalue weighted by Gasteiger charge is -2.05. The van der Waals surface area contributed by atoms with E-state index in [0.717, 1.165) is 24.0 Å². The van der Waals surface area contributed by atoms with Crippen LogP contribution in [0.4, 0.5) is 0 Å². The summed E-state index contributed by atoms with van der Waals surface area (Å²) in [5.74, 6) is 0.792. The third kappa shape index (κ3) is 9.34. The summed E-state index contributed by atoms with van der Waals surface area (Å²) in [7, 11) is 0. The van der Waals surface area contributed by atoms with Gasteiger partial charge < -0.3 is 10.6 Å². The Labute approximate surface area is 192 Å². The van der Waals surface area contributed by atoms with Gasteiger partial charge in [-0.15, -0.1) is 0 Å². The smallest absolute Gasteiger partial charge is 0.243 e. The van der Waals surface area contributed by atoms with Crippen molar-refractivity contribution >= 4 is 24.0 Å². The van der Waals surface area contributed by atoms with E-state index in [0.29, 0.717) is 24.9 Å². The second-order valence-corrected chi connectivity index (χ2v) is 8.60. The molecule has 0 unspecified atom stereocenters. The molecule has 2 amide bonds. The van der Waals surface area contributed by atoms with Crippen molar-refractivity contribution in [3.8, 4) is 0 Å². The molecule has 2 aromatic rings. The SMILES string of the molecule is CC(C)c1ccc(/C=C\C(=O)NCCCCNC(=O)/C=C/c2ccc(C(C)C)cc2)cc1. The Morgan fingerprint density at radius 2 is 1.00 bits per heavy atom. The summed E-state index contributed by atoms with van der Waals surface area (Å²) >= 11 is 0. The Bertz CT molecular complexity index is 830. The molecule has 4 nitrogen and oxygen atoms in total. The minimum absolute atomic E-state index is 0.103. The molecule has 4 heteroatoms. The molecule has 2 aromatic carbocycles. The van der Waals surface area contributed by atoms with Crippen LogP contribution in [0.2, 0.25) is 0 Å². The Kier molecular flexibility index (Phi) is 10.5. The van der Waals surface area contributed by atoms with Crippen LogP contribution in [0.5, 0.6) is 0 Å². The van der Waals surface area contributed by atoms with Gasteiger partial charge in [0.25, 0.3) is 0 Å². The van der Waals surface area contributed by atoms with Crippen molar-refractivity contribution in [2.24, 2.45) is 0 Å². The summed E-state index contributed by atoms with van der Waals surface area (Å²) in [6.45, 7) is 9.81. The molecule has 0 saturated carbocycles. The topological polar surface area (TPSA) is 58.2 Å². The number of amides is 2. The van der Waals surface area contributed by atoms with Gasteiger partial charge in [0.2, 0.25) is 11.8 Å². The zero-order valence-electron chi connectivity index (χ0n) is 19.7. The van der Waals surface area contributed by atoms with Crippen LogP contribution in [-0.4, -0.2) is 24.9 Å². The molecule has 0 saturated heterocycles. The monoisotopic (exact) mass is 432 g/mol. The number of benzene rings is 2. The zero-order chi connectivity index (χ0) is 23.3. The van der Waals surface area contributed by atoms with E-state index in [1.807, 2.05) is 36.4 Å². The van der Waals surface area contributed by atoms with Crippen LogP contribution in [0.1, 0.15) is 74.6 Å². The molecule has 0 aliphatic heterocycles. The summed E-state index contributed by atoms with van der Waals surface area (Å²) < 4.78 is 0. The molecule has 0 atom stereocenters. The third-order valence-electron chi connectivity index (χ3n) is 5.26. The van der Waals surface area contributed by atoms with Gasteiger partial charge in [-0.05, 0) is 59.1 Å². The van der Waals surface area contributed by atoms with Gasteiger partial charge in [-0.1, -0.05) is 76.2 Å². The Morgan fingerprint density at radius 3 is 1.31 bits per heavy atom. The van der Waals surface area contributed by atoms with Crippen LogP contribution in [0.25, 0.3) is 12.2 Å². The maximum Gasteiger partial charge on any atom is 0.243 e. The number of hydrogen-bond acceptors (Lipinski definition) is 2. The highest BCUT2D eigenvalue weighted by atomic mass is 16.2. The molecule has 0 aliphatic carbocycles. The van der Waals surface area contributed by atoms with Gasteiger partial charge in [0.15, 0.2) is 0 Å². The first kappa shape index (κ1) is 25.1. The molecular formula is C28H36N2O2. The van der Waals surface area contributed by atoms with Crippen molar-refractivity contribution in [1.29, 1.82) is 0 Å². The molecule has 2 N–H and O–H groups in total. The first-order chi connectivity index (χ1) is 15.3. The fourth-order valence-corrected chi connectivity index (χ4v) is 3.12. The quantitative estimate of drug-likeness (QED) is 0.355. The van der Waals surface area contributed by atoms with E-state index in [2.05, 4.69) is 62.6 Å². The van der Waals surface area contributed by atoms with Crippen LogP contribution in [0.3, 0.4) is 0 Å². The summed E-state index contributed by atoms with van der Waals surface area (Å²) in [6, 6.07) is 16.5. The first-order valence-corrected chi connectivity index (χ1v) is 11.5. The summed E-state index contributed by atoms with van der Waals surface area (Å²) in [4.78, 5) is 23.9. The van der Waals surface area contributed by atoms with Gasteiger partial charge in [-0.3, -0.25) is 9.59 Å². The molecule has 0 heterocycles. The number of unbranched alkanes of at least 4 members (excludes halogenated alkanes) is 1. The van der Waals surface area contributed by atoms with Gasteiger partial charge in [-0.2, -0.15) is 0 Å². The lowest BCUT2D eigenvalue weighted by molar-refractivity contribution is -0.117. The van der Waals surface area contributed by atoms with Crippen LogP contribution in [0, 0.1) is 0 Å². The molecule has 32 heavy (non-hydrogen) atoms. The minimum Gasteiger partial charge on any atom is -0.353 e. The molecule has 170 valence electrons. The van der Waals surface area contributed by atoms with Crippen molar-refractivity contribution in [2.75, 3.05) is 13.1 Å². The maximum atomic E-state index is 11.9. The molecule has 0 spiro atoms. The van der Waals surface area contributed by atoms with Gasteiger partial charge >= 0.3 is 0 Å². The fraction of sp³-hybridized carbons (Fsp3) is 0.357. The van der Waals surface area contributed by atoms with E-state index in [1.54, 1.807) is 12.2 Å². The molecule has 0 bridgehead atoms. The van der Waals surface area contributed by atoms with Gasteiger partial charge in [0.05, 0.1) is 0 Å².